The minimum atomic E-state index is 0.137. The Morgan fingerprint density at radius 2 is 1.45 bits per heavy atom. The third-order valence-electron chi connectivity index (χ3n) is 10.6. The molecule has 8 heteroatoms. The number of likely N-dealkylation sites (N-methyl/N-ethyl adjacent to an activating group) is 1. The molecule has 0 unspecified atom stereocenters. The lowest BCUT2D eigenvalue weighted by Gasteiger charge is -2.34. The molecule has 0 spiro atoms. The first-order chi connectivity index (χ1) is 22.9. The van der Waals surface area contributed by atoms with Gasteiger partial charge in [0, 0.05) is 87.6 Å². The maximum atomic E-state index is 13.5. The molecule has 4 aromatic rings. The van der Waals surface area contributed by atoms with Gasteiger partial charge in [-0.15, -0.1) is 0 Å². The number of ether oxygens (including phenoxy) is 2. The molecule has 4 heterocycles. The second-order valence-electron chi connectivity index (χ2n) is 13.7. The SMILES string of the molecule is Cc1c(C)n(CCCN2CCN(C)CC2)c2ccc(Cc3cccc(C(=O)N4CCN(CCc5ccc6c(c5)OCO6)CC4)c3)cc12. The maximum absolute atomic E-state index is 13.5. The second kappa shape index (κ2) is 14.1. The minimum absolute atomic E-state index is 0.137. The van der Waals surface area contributed by atoms with Gasteiger partial charge >= 0.3 is 0 Å². The van der Waals surface area contributed by atoms with Crippen LogP contribution in [0.15, 0.2) is 60.7 Å². The van der Waals surface area contributed by atoms with Crippen LogP contribution in [0.4, 0.5) is 0 Å². The lowest BCUT2D eigenvalue weighted by molar-refractivity contribution is 0.0638. The molecule has 2 saturated heterocycles. The van der Waals surface area contributed by atoms with Crippen molar-refractivity contribution in [2.24, 2.45) is 0 Å². The quantitative estimate of drug-likeness (QED) is 0.239. The molecule has 3 aromatic carbocycles. The van der Waals surface area contributed by atoms with Crippen LogP contribution in [-0.2, 0) is 19.4 Å². The topological polar surface area (TPSA) is 53.4 Å². The molecule has 0 radical (unpaired) electrons. The van der Waals surface area contributed by atoms with E-state index in [2.05, 4.69) is 82.6 Å². The fourth-order valence-electron chi connectivity index (χ4n) is 7.41. The number of aryl methyl sites for hydroxylation is 2. The highest BCUT2D eigenvalue weighted by Gasteiger charge is 2.23. The van der Waals surface area contributed by atoms with Crippen molar-refractivity contribution in [1.29, 1.82) is 0 Å². The highest BCUT2D eigenvalue weighted by Crippen LogP contribution is 2.33. The van der Waals surface area contributed by atoms with Gasteiger partial charge in [-0.1, -0.05) is 24.3 Å². The summed E-state index contributed by atoms with van der Waals surface area (Å²) < 4.78 is 13.5. The summed E-state index contributed by atoms with van der Waals surface area (Å²) >= 11 is 0. The van der Waals surface area contributed by atoms with Crippen molar-refractivity contribution in [3.8, 4) is 11.5 Å². The molecular weight excluding hydrogens is 586 g/mol. The summed E-state index contributed by atoms with van der Waals surface area (Å²) in [6.45, 7) is 16.0. The van der Waals surface area contributed by atoms with Crippen LogP contribution in [-0.4, -0.2) is 109 Å². The van der Waals surface area contributed by atoms with Gasteiger partial charge in [-0.05, 0) is 105 Å². The normalized spacial score (nSPS) is 17.6. The Balaban J connectivity index is 0.931. The van der Waals surface area contributed by atoms with Crippen LogP contribution < -0.4 is 9.47 Å². The predicted octanol–water partition coefficient (Wildman–Crippen LogP) is 5.22. The molecule has 47 heavy (non-hydrogen) atoms. The lowest BCUT2D eigenvalue weighted by Crippen LogP contribution is -2.49. The number of amides is 1. The summed E-state index contributed by atoms with van der Waals surface area (Å²) in [6, 6.07) is 21.4. The van der Waals surface area contributed by atoms with Crippen LogP contribution in [0, 0.1) is 13.8 Å². The van der Waals surface area contributed by atoms with Gasteiger partial charge in [0.1, 0.15) is 0 Å². The van der Waals surface area contributed by atoms with Gasteiger partial charge in [0.2, 0.25) is 6.79 Å². The van der Waals surface area contributed by atoms with Crippen molar-refractivity contribution >= 4 is 16.8 Å². The summed E-state index contributed by atoms with van der Waals surface area (Å²) in [5.41, 5.74) is 8.59. The van der Waals surface area contributed by atoms with Gasteiger partial charge in [0.15, 0.2) is 11.5 Å². The number of nitrogens with zero attached hydrogens (tertiary/aromatic N) is 5. The predicted molar refractivity (Wildman–Crippen MR) is 188 cm³/mol. The fraction of sp³-hybridized carbons (Fsp3) is 0.462. The van der Waals surface area contributed by atoms with Crippen LogP contribution in [0.1, 0.15) is 44.7 Å². The number of rotatable bonds is 10. The largest absolute Gasteiger partial charge is 0.454 e. The van der Waals surface area contributed by atoms with Crippen molar-refractivity contribution in [3.05, 3.63) is 94.2 Å². The molecule has 0 bridgehead atoms. The fourth-order valence-corrected chi connectivity index (χ4v) is 7.41. The van der Waals surface area contributed by atoms with E-state index in [-0.39, 0.29) is 5.91 Å². The Labute approximate surface area is 279 Å². The summed E-state index contributed by atoms with van der Waals surface area (Å²) in [4.78, 5) is 23.0. The molecule has 3 aliphatic rings. The number of hydrogen-bond donors (Lipinski definition) is 0. The van der Waals surface area contributed by atoms with Gasteiger partial charge in [-0.3, -0.25) is 9.69 Å². The first-order valence-corrected chi connectivity index (χ1v) is 17.4. The smallest absolute Gasteiger partial charge is 0.253 e. The second-order valence-corrected chi connectivity index (χ2v) is 13.7. The van der Waals surface area contributed by atoms with E-state index in [9.17, 15) is 4.79 Å². The average Bonchev–Trinajstić information content (AvgIpc) is 3.66. The van der Waals surface area contributed by atoms with E-state index < -0.39 is 0 Å². The molecule has 0 N–H and O–H groups in total. The van der Waals surface area contributed by atoms with E-state index >= 15 is 0 Å². The Hall–Kier alpha value is -3.85. The van der Waals surface area contributed by atoms with Gasteiger partial charge in [-0.25, -0.2) is 0 Å². The van der Waals surface area contributed by atoms with Crippen molar-refractivity contribution < 1.29 is 14.3 Å². The highest BCUT2D eigenvalue weighted by molar-refractivity contribution is 5.94. The van der Waals surface area contributed by atoms with E-state index in [1.54, 1.807) is 0 Å². The molecule has 3 aliphatic heterocycles. The van der Waals surface area contributed by atoms with Gasteiger partial charge in [0.25, 0.3) is 5.91 Å². The monoisotopic (exact) mass is 635 g/mol. The highest BCUT2D eigenvalue weighted by atomic mass is 16.7. The zero-order valence-corrected chi connectivity index (χ0v) is 28.3. The first-order valence-electron chi connectivity index (χ1n) is 17.4. The number of carbonyl (C=O) groups is 1. The van der Waals surface area contributed by atoms with E-state index in [0.29, 0.717) is 6.79 Å². The molecule has 0 saturated carbocycles. The number of hydrogen-bond acceptors (Lipinski definition) is 6. The van der Waals surface area contributed by atoms with Gasteiger partial charge < -0.3 is 28.7 Å². The Morgan fingerprint density at radius 1 is 0.723 bits per heavy atom. The summed E-state index contributed by atoms with van der Waals surface area (Å²) in [6.07, 6.45) is 2.95. The molecule has 2 fully saturated rings. The number of piperazine rings is 2. The van der Waals surface area contributed by atoms with Crippen molar-refractivity contribution in [2.75, 3.05) is 79.3 Å². The number of fused-ring (bicyclic) bond motifs is 2. The number of carbonyl (C=O) groups excluding carboxylic acids is 1. The van der Waals surface area contributed by atoms with Crippen LogP contribution in [0.25, 0.3) is 10.9 Å². The third kappa shape index (κ3) is 7.20. The standard InChI is InChI=1S/C39H49N5O3/c1-29-30(2)44(14-5-13-41-18-16-40(3)17-19-41)36-10-8-33(26-35(29)36)24-32-6-4-7-34(25-32)39(45)43-22-20-42(21-23-43)15-12-31-9-11-37-38(27-31)47-28-46-37/h4,6-11,25-27H,5,12-24,28H2,1-3H3. The van der Waals surface area contributed by atoms with Crippen molar-refractivity contribution in [3.63, 3.8) is 0 Å². The van der Waals surface area contributed by atoms with E-state index in [0.717, 1.165) is 75.7 Å². The molecule has 248 valence electrons. The third-order valence-corrected chi connectivity index (χ3v) is 10.6. The Morgan fingerprint density at radius 3 is 2.28 bits per heavy atom. The molecule has 1 aromatic heterocycles. The van der Waals surface area contributed by atoms with Crippen molar-refractivity contribution in [2.45, 2.75) is 39.7 Å². The maximum Gasteiger partial charge on any atom is 0.253 e. The molecular formula is C39H49N5O3. The molecule has 1 amide bonds. The minimum Gasteiger partial charge on any atom is -0.454 e. The first kappa shape index (κ1) is 31.7. The molecule has 7 rings (SSSR count). The van der Waals surface area contributed by atoms with Crippen LogP contribution in [0.3, 0.4) is 0 Å². The summed E-state index contributed by atoms with van der Waals surface area (Å²) in [5, 5.41) is 1.35. The number of aromatic nitrogens is 1. The summed E-state index contributed by atoms with van der Waals surface area (Å²) in [7, 11) is 2.22. The summed E-state index contributed by atoms with van der Waals surface area (Å²) in [5.74, 6) is 1.80. The molecule has 8 nitrogen and oxygen atoms in total. The van der Waals surface area contributed by atoms with E-state index in [1.165, 1.54) is 71.5 Å². The van der Waals surface area contributed by atoms with Crippen LogP contribution in [0.2, 0.25) is 0 Å². The Bertz CT molecular complexity index is 1720. The lowest BCUT2D eigenvalue weighted by atomic mass is 10.0. The average molecular weight is 636 g/mol. The molecule has 0 aliphatic carbocycles. The number of benzene rings is 3. The van der Waals surface area contributed by atoms with Gasteiger partial charge in [-0.2, -0.15) is 0 Å². The molecule has 0 atom stereocenters. The van der Waals surface area contributed by atoms with E-state index in [1.807, 2.05) is 23.1 Å². The Kier molecular flexibility index (Phi) is 9.52. The van der Waals surface area contributed by atoms with Crippen LogP contribution in [0.5, 0.6) is 11.5 Å². The van der Waals surface area contributed by atoms with Crippen molar-refractivity contribution in [1.82, 2.24) is 24.2 Å². The van der Waals surface area contributed by atoms with Crippen LogP contribution >= 0.6 is 0 Å². The zero-order chi connectivity index (χ0) is 32.3. The van der Waals surface area contributed by atoms with Gasteiger partial charge in [0.05, 0.1) is 0 Å². The van der Waals surface area contributed by atoms with E-state index in [4.69, 9.17) is 9.47 Å². The zero-order valence-electron chi connectivity index (χ0n) is 28.3.